The maximum absolute atomic E-state index is 12.7. The number of hydrogen-bond donors (Lipinski definition) is 0. The summed E-state index contributed by atoms with van der Waals surface area (Å²) < 4.78 is 10.5. The Kier molecular flexibility index (Phi) is 3.82. The molecule has 5 rings (SSSR count). The molecule has 0 unspecified atom stereocenters. The van der Waals surface area contributed by atoms with Crippen LogP contribution in [0.3, 0.4) is 0 Å². The average molecular weight is 340 g/mol. The molecule has 6 nitrogen and oxygen atoms in total. The van der Waals surface area contributed by atoms with Crippen LogP contribution in [0.5, 0.6) is 11.5 Å². The first-order chi connectivity index (χ1) is 12.1. The summed E-state index contributed by atoms with van der Waals surface area (Å²) in [7, 11) is 3.13. The van der Waals surface area contributed by atoms with Crippen LogP contribution in [0.15, 0.2) is 35.5 Å². The number of amides is 2. The molecule has 25 heavy (non-hydrogen) atoms. The largest absolute Gasteiger partial charge is 0.497 e. The molecule has 4 atom stereocenters. The Balaban J connectivity index is 1.60. The molecule has 6 heteroatoms. The normalized spacial score (nSPS) is 30.2. The smallest absolute Gasteiger partial charge is 0.254 e. The molecule has 0 aromatic heterocycles. The molecule has 1 aromatic carbocycles. The van der Waals surface area contributed by atoms with Gasteiger partial charge in [-0.1, -0.05) is 12.2 Å². The predicted octanol–water partition coefficient (Wildman–Crippen LogP) is 2.23. The maximum atomic E-state index is 12.7. The van der Waals surface area contributed by atoms with Gasteiger partial charge in [0.1, 0.15) is 11.5 Å². The van der Waals surface area contributed by atoms with Crippen molar-refractivity contribution in [3.8, 4) is 11.5 Å². The van der Waals surface area contributed by atoms with Crippen LogP contribution in [-0.2, 0) is 9.59 Å². The molecular weight excluding hydrogens is 320 g/mol. The van der Waals surface area contributed by atoms with E-state index in [1.807, 2.05) is 0 Å². The Morgan fingerprint density at radius 2 is 1.68 bits per heavy atom. The topological polar surface area (TPSA) is 68.2 Å². The summed E-state index contributed by atoms with van der Waals surface area (Å²) in [5, 5.41) is 5.25. The summed E-state index contributed by atoms with van der Waals surface area (Å²) in [6.07, 6.45) is 7.65. The number of hydrazone groups is 1. The van der Waals surface area contributed by atoms with Gasteiger partial charge in [0.05, 0.1) is 32.3 Å². The lowest BCUT2D eigenvalue weighted by Gasteiger charge is -2.37. The van der Waals surface area contributed by atoms with Crippen LogP contribution < -0.4 is 9.47 Å². The quantitative estimate of drug-likeness (QED) is 0.479. The number of nitrogens with zero attached hydrogens (tertiary/aromatic N) is 2. The maximum Gasteiger partial charge on any atom is 0.254 e. The van der Waals surface area contributed by atoms with Gasteiger partial charge in [-0.15, -0.1) is 0 Å². The number of carbonyl (C=O) groups excluding carboxylic acids is 2. The highest BCUT2D eigenvalue weighted by molar-refractivity contribution is 6.06. The molecule has 0 spiro atoms. The summed E-state index contributed by atoms with van der Waals surface area (Å²) in [5.74, 6) is 0.717. The highest BCUT2D eigenvalue weighted by Crippen LogP contribution is 2.49. The minimum atomic E-state index is -0.244. The zero-order valence-corrected chi connectivity index (χ0v) is 14.2. The lowest BCUT2D eigenvalue weighted by molar-refractivity contribution is -0.140. The lowest BCUT2D eigenvalue weighted by Crippen LogP contribution is -2.38. The number of rotatable bonds is 4. The first-order valence-electron chi connectivity index (χ1n) is 8.46. The third-order valence-electron chi connectivity index (χ3n) is 5.49. The standard InChI is InChI=1S/C19H20N2O4/c1-24-14-8-7-13(15(9-14)25-2)10-20-21-18(22)16-11-3-4-12(6-5-11)17(16)19(21)23/h3-4,7-12,16-17H,5-6H2,1-2H3/b20-10-/t11-,12+,16+,17-. The summed E-state index contributed by atoms with van der Waals surface area (Å²) in [6, 6.07) is 5.30. The van der Waals surface area contributed by atoms with E-state index >= 15 is 0 Å². The van der Waals surface area contributed by atoms with Gasteiger partial charge in [-0.25, -0.2) is 0 Å². The SMILES string of the molecule is COc1ccc(/C=N\N2C(=O)[C@@H]3[C@H](C2=O)[C@H]2C=C[C@@H]3CC2)c(OC)c1. The van der Waals surface area contributed by atoms with Crippen LogP contribution in [-0.4, -0.2) is 37.3 Å². The Bertz CT molecular complexity index is 754. The highest BCUT2D eigenvalue weighted by Gasteiger charge is 2.56. The summed E-state index contributed by atoms with van der Waals surface area (Å²) in [4.78, 5) is 25.4. The Morgan fingerprint density at radius 1 is 1.04 bits per heavy atom. The van der Waals surface area contributed by atoms with Crippen molar-refractivity contribution in [2.45, 2.75) is 12.8 Å². The van der Waals surface area contributed by atoms with Gasteiger partial charge in [0.25, 0.3) is 11.8 Å². The van der Waals surface area contributed by atoms with E-state index in [4.69, 9.17) is 9.47 Å². The monoisotopic (exact) mass is 340 g/mol. The molecule has 3 aliphatic carbocycles. The van der Waals surface area contributed by atoms with E-state index in [1.54, 1.807) is 32.4 Å². The number of hydrogen-bond acceptors (Lipinski definition) is 5. The van der Waals surface area contributed by atoms with Crippen molar-refractivity contribution >= 4 is 18.0 Å². The Labute approximate surface area is 146 Å². The van der Waals surface area contributed by atoms with Crippen LogP contribution in [0.25, 0.3) is 0 Å². The van der Waals surface area contributed by atoms with Crippen molar-refractivity contribution in [2.75, 3.05) is 14.2 Å². The number of imide groups is 1. The molecular formula is C19H20N2O4. The molecule has 0 radical (unpaired) electrons. The second kappa shape index (κ2) is 6.02. The van der Waals surface area contributed by atoms with Gasteiger partial charge in [0, 0.05) is 11.6 Å². The molecule has 0 N–H and O–H groups in total. The lowest BCUT2D eigenvalue weighted by atomic mass is 9.63. The number of benzene rings is 1. The number of methoxy groups -OCH3 is 2. The molecule has 1 aliphatic heterocycles. The van der Waals surface area contributed by atoms with Crippen molar-refractivity contribution in [3.63, 3.8) is 0 Å². The number of carbonyl (C=O) groups is 2. The Morgan fingerprint density at radius 3 is 2.20 bits per heavy atom. The molecule has 2 bridgehead atoms. The fourth-order valence-electron chi connectivity index (χ4n) is 4.22. The molecule has 1 saturated carbocycles. The fourth-order valence-corrected chi connectivity index (χ4v) is 4.22. The Hall–Kier alpha value is -2.63. The van der Waals surface area contributed by atoms with Crippen LogP contribution in [0.1, 0.15) is 18.4 Å². The second-order valence-electron chi connectivity index (χ2n) is 6.68. The van der Waals surface area contributed by atoms with Gasteiger partial charge in [-0.05, 0) is 36.8 Å². The van der Waals surface area contributed by atoms with E-state index < -0.39 is 0 Å². The molecule has 2 fully saturated rings. The highest BCUT2D eigenvalue weighted by atomic mass is 16.5. The molecule has 130 valence electrons. The van der Waals surface area contributed by atoms with Crippen LogP contribution in [0.2, 0.25) is 0 Å². The fraction of sp³-hybridized carbons (Fsp3) is 0.421. The third kappa shape index (κ3) is 2.44. The third-order valence-corrected chi connectivity index (χ3v) is 5.49. The summed E-state index contributed by atoms with van der Waals surface area (Å²) >= 11 is 0. The van der Waals surface area contributed by atoms with Crippen molar-refractivity contribution in [1.29, 1.82) is 0 Å². The molecule has 1 saturated heterocycles. The van der Waals surface area contributed by atoms with Crippen molar-refractivity contribution < 1.29 is 19.1 Å². The van der Waals surface area contributed by atoms with Crippen LogP contribution in [0.4, 0.5) is 0 Å². The van der Waals surface area contributed by atoms with E-state index in [2.05, 4.69) is 17.3 Å². The summed E-state index contributed by atoms with van der Waals surface area (Å²) in [6.45, 7) is 0. The first kappa shape index (κ1) is 15.9. The van der Waals surface area contributed by atoms with Gasteiger partial charge < -0.3 is 9.47 Å². The van der Waals surface area contributed by atoms with Gasteiger partial charge in [-0.3, -0.25) is 9.59 Å². The first-order valence-corrected chi connectivity index (χ1v) is 8.46. The molecule has 1 aromatic rings. The van der Waals surface area contributed by atoms with E-state index in [0.29, 0.717) is 17.1 Å². The van der Waals surface area contributed by atoms with Gasteiger partial charge in [0.2, 0.25) is 0 Å². The number of ether oxygens (including phenoxy) is 2. The zero-order valence-electron chi connectivity index (χ0n) is 14.2. The van der Waals surface area contributed by atoms with Crippen molar-refractivity contribution in [2.24, 2.45) is 28.8 Å². The summed E-state index contributed by atoms with van der Waals surface area (Å²) in [5.41, 5.74) is 0.680. The van der Waals surface area contributed by atoms with Gasteiger partial charge in [0.15, 0.2) is 0 Å². The minimum absolute atomic E-state index is 0.169. The van der Waals surface area contributed by atoms with E-state index in [9.17, 15) is 9.59 Å². The predicted molar refractivity (Wildman–Crippen MR) is 91.3 cm³/mol. The van der Waals surface area contributed by atoms with Gasteiger partial charge in [-0.2, -0.15) is 10.1 Å². The van der Waals surface area contributed by atoms with Crippen LogP contribution >= 0.6 is 0 Å². The van der Waals surface area contributed by atoms with Crippen molar-refractivity contribution in [1.82, 2.24) is 5.01 Å². The van der Waals surface area contributed by atoms with E-state index in [1.165, 1.54) is 6.21 Å². The van der Waals surface area contributed by atoms with E-state index in [0.717, 1.165) is 17.9 Å². The molecule has 4 aliphatic rings. The minimum Gasteiger partial charge on any atom is -0.497 e. The number of fused-ring (bicyclic) bond motifs is 1. The molecule has 1 heterocycles. The van der Waals surface area contributed by atoms with Gasteiger partial charge >= 0.3 is 0 Å². The van der Waals surface area contributed by atoms with Crippen LogP contribution in [0, 0.1) is 23.7 Å². The second-order valence-corrected chi connectivity index (χ2v) is 6.68. The molecule has 2 amide bonds. The van der Waals surface area contributed by atoms with Crippen molar-refractivity contribution in [3.05, 3.63) is 35.9 Å². The zero-order chi connectivity index (χ0) is 17.6. The number of allylic oxidation sites excluding steroid dienone is 2. The average Bonchev–Trinajstić information content (AvgIpc) is 2.93. The van der Waals surface area contributed by atoms with E-state index in [-0.39, 0.29) is 35.5 Å².